The fourth-order valence-electron chi connectivity index (χ4n) is 1.96. The van der Waals surface area contributed by atoms with E-state index in [4.69, 9.17) is 5.73 Å². The van der Waals surface area contributed by atoms with Crippen LogP contribution in [0.25, 0.3) is 0 Å². The van der Waals surface area contributed by atoms with E-state index in [0.717, 1.165) is 25.9 Å². The molecule has 1 saturated heterocycles. The second-order valence-corrected chi connectivity index (χ2v) is 6.77. The van der Waals surface area contributed by atoms with Gasteiger partial charge in [0, 0.05) is 13.1 Å². The zero-order valence-corrected chi connectivity index (χ0v) is 11.7. The van der Waals surface area contributed by atoms with Crippen molar-refractivity contribution in [1.82, 2.24) is 4.90 Å². The van der Waals surface area contributed by atoms with Crippen LogP contribution in [0.1, 0.15) is 25.7 Å². The molecule has 6 heteroatoms. The number of hydrogen-bond acceptors (Lipinski definition) is 3. The first-order valence-corrected chi connectivity index (χ1v) is 8.23. The van der Waals surface area contributed by atoms with Crippen molar-refractivity contribution in [3.63, 3.8) is 0 Å². The van der Waals surface area contributed by atoms with Crippen molar-refractivity contribution in [3.8, 4) is 0 Å². The van der Waals surface area contributed by atoms with Gasteiger partial charge >= 0.3 is 0 Å². The van der Waals surface area contributed by atoms with Gasteiger partial charge in [-0.3, -0.25) is 4.99 Å². The van der Waals surface area contributed by atoms with Gasteiger partial charge in [0.2, 0.25) is 0 Å². The SMILES string of the molecule is C=CCS(=O)(=O)CCN=C(N)N1CCCCCC1. The van der Waals surface area contributed by atoms with E-state index in [0.29, 0.717) is 5.96 Å². The van der Waals surface area contributed by atoms with Crippen LogP contribution in [-0.4, -0.2) is 50.4 Å². The van der Waals surface area contributed by atoms with Gasteiger partial charge in [0.25, 0.3) is 0 Å². The van der Waals surface area contributed by atoms with Crippen molar-refractivity contribution in [3.05, 3.63) is 12.7 Å². The Labute approximate surface area is 110 Å². The van der Waals surface area contributed by atoms with Crippen LogP contribution >= 0.6 is 0 Å². The third-order valence-corrected chi connectivity index (χ3v) is 4.53. The zero-order chi connectivity index (χ0) is 13.4. The molecule has 1 fully saturated rings. The normalized spacial score (nSPS) is 18.4. The lowest BCUT2D eigenvalue weighted by molar-refractivity contribution is 0.429. The summed E-state index contributed by atoms with van der Waals surface area (Å²) in [5, 5.41) is 0. The Hall–Kier alpha value is -1.04. The topological polar surface area (TPSA) is 75.8 Å². The fraction of sp³-hybridized carbons (Fsp3) is 0.750. The number of likely N-dealkylation sites (tertiary alicyclic amines) is 1. The van der Waals surface area contributed by atoms with Gasteiger partial charge in [0.05, 0.1) is 18.1 Å². The standard InChI is InChI=1S/C12H23N3O2S/c1-2-10-18(16,17)11-7-14-12(13)15-8-5-3-4-6-9-15/h2H,1,3-11H2,(H2,13,14). The van der Waals surface area contributed by atoms with Gasteiger partial charge in [0.1, 0.15) is 0 Å². The van der Waals surface area contributed by atoms with Crippen molar-refractivity contribution in [2.75, 3.05) is 31.1 Å². The number of nitrogens with zero attached hydrogens (tertiary/aromatic N) is 2. The summed E-state index contributed by atoms with van der Waals surface area (Å²) in [7, 11) is -3.06. The highest BCUT2D eigenvalue weighted by Gasteiger charge is 2.12. The Kier molecular flexibility index (Phi) is 6.18. The predicted octanol–water partition coefficient (Wildman–Crippen LogP) is 0.778. The molecule has 0 aliphatic carbocycles. The smallest absolute Gasteiger partial charge is 0.191 e. The van der Waals surface area contributed by atoms with Crippen LogP contribution < -0.4 is 5.73 Å². The van der Waals surface area contributed by atoms with E-state index in [1.54, 1.807) is 0 Å². The van der Waals surface area contributed by atoms with Crippen molar-refractivity contribution in [1.29, 1.82) is 0 Å². The molecule has 0 aromatic rings. The molecule has 5 nitrogen and oxygen atoms in total. The van der Waals surface area contributed by atoms with Gasteiger partial charge in [-0.2, -0.15) is 0 Å². The average molecular weight is 273 g/mol. The molecule has 0 spiro atoms. The lowest BCUT2D eigenvalue weighted by Gasteiger charge is -2.21. The fourth-order valence-corrected chi connectivity index (χ4v) is 2.86. The van der Waals surface area contributed by atoms with Crippen molar-refractivity contribution in [2.45, 2.75) is 25.7 Å². The van der Waals surface area contributed by atoms with E-state index in [9.17, 15) is 8.42 Å². The number of rotatable bonds is 5. The largest absolute Gasteiger partial charge is 0.370 e. The van der Waals surface area contributed by atoms with Crippen molar-refractivity contribution in [2.24, 2.45) is 10.7 Å². The van der Waals surface area contributed by atoms with Crippen LogP contribution in [0.2, 0.25) is 0 Å². The maximum atomic E-state index is 11.4. The second kappa shape index (κ2) is 7.41. The van der Waals surface area contributed by atoms with Crippen LogP contribution in [-0.2, 0) is 9.84 Å². The van der Waals surface area contributed by atoms with Crippen molar-refractivity contribution < 1.29 is 8.42 Å². The molecule has 1 aliphatic heterocycles. The lowest BCUT2D eigenvalue weighted by atomic mass is 10.2. The summed E-state index contributed by atoms with van der Waals surface area (Å²) in [6.45, 7) is 5.51. The van der Waals surface area contributed by atoms with Crippen molar-refractivity contribution >= 4 is 15.8 Å². The first-order valence-electron chi connectivity index (χ1n) is 6.41. The van der Waals surface area contributed by atoms with Gasteiger partial charge < -0.3 is 10.6 Å². The third-order valence-electron chi connectivity index (χ3n) is 2.98. The number of aliphatic imine (C=N–C) groups is 1. The molecule has 0 aromatic carbocycles. The molecule has 1 rings (SSSR count). The van der Waals surface area contributed by atoms with E-state index in [2.05, 4.69) is 11.6 Å². The van der Waals surface area contributed by atoms with E-state index in [1.165, 1.54) is 18.9 Å². The Balaban J connectivity index is 2.43. The molecule has 0 saturated carbocycles. The summed E-state index contributed by atoms with van der Waals surface area (Å²) in [6, 6.07) is 0. The second-order valence-electron chi connectivity index (χ2n) is 4.54. The third kappa shape index (κ3) is 5.53. The first-order chi connectivity index (χ1) is 8.55. The Morgan fingerprint density at radius 3 is 2.44 bits per heavy atom. The van der Waals surface area contributed by atoms with Crippen LogP contribution in [0.3, 0.4) is 0 Å². The van der Waals surface area contributed by atoms with Gasteiger partial charge in [-0.15, -0.1) is 6.58 Å². The number of nitrogens with two attached hydrogens (primary N) is 1. The molecule has 0 bridgehead atoms. The Morgan fingerprint density at radius 2 is 1.89 bits per heavy atom. The zero-order valence-electron chi connectivity index (χ0n) is 10.8. The maximum Gasteiger partial charge on any atom is 0.191 e. The molecule has 1 heterocycles. The summed E-state index contributed by atoms with van der Waals surface area (Å²) in [5.41, 5.74) is 5.88. The maximum absolute atomic E-state index is 11.4. The van der Waals surface area contributed by atoms with Crippen LogP contribution in [0, 0.1) is 0 Å². The minimum atomic E-state index is -3.06. The summed E-state index contributed by atoms with van der Waals surface area (Å²) in [6.07, 6.45) is 6.13. The van der Waals surface area contributed by atoms with E-state index >= 15 is 0 Å². The summed E-state index contributed by atoms with van der Waals surface area (Å²) in [5.74, 6) is 0.519. The molecule has 104 valence electrons. The minimum absolute atomic E-state index is 0.00609. The van der Waals surface area contributed by atoms with Gasteiger partial charge in [-0.25, -0.2) is 8.42 Å². The highest BCUT2D eigenvalue weighted by atomic mass is 32.2. The molecule has 0 unspecified atom stereocenters. The van der Waals surface area contributed by atoms with Gasteiger partial charge in [-0.05, 0) is 12.8 Å². The lowest BCUT2D eigenvalue weighted by Crippen LogP contribution is -2.38. The van der Waals surface area contributed by atoms with Crippen LogP contribution in [0.5, 0.6) is 0 Å². The number of hydrogen-bond donors (Lipinski definition) is 1. The monoisotopic (exact) mass is 273 g/mol. The molecule has 18 heavy (non-hydrogen) atoms. The quantitative estimate of drug-likeness (QED) is 0.456. The molecule has 2 N–H and O–H groups in total. The average Bonchev–Trinajstić information content (AvgIpc) is 2.56. The first kappa shape index (κ1) is 15.0. The summed E-state index contributed by atoms with van der Waals surface area (Å²) in [4.78, 5) is 6.21. The Morgan fingerprint density at radius 1 is 1.28 bits per heavy atom. The summed E-state index contributed by atoms with van der Waals surface area (Å²) >= 11 is 0. The molecular formula is C12H23N3O2S. The highest BCUT2D eigenvalue weighted by molar-refractivity contribution is 7.91. The molecule has 0 amide bonds. The Bertz CT molecular complexity index is 382. The van der Waals surface area contributed by atoms with E-state index < -0.39 is 9.84 Å². The summed E-state index contributed by atoms with van der Waals surface area (Å²) < 4.78 is 22.9. The molecular weight excluding hydrogens is 250 g/mol. The minimum Gasteiger partial charge on any atom is -0.370 e. The van der Waals surface area contributed by atoms with E-state index in [-0.39, 0.29) is 18.1 Å². The number of sulfone groups is 1. The molecule has 1 aliphatic rings. The van der Waals surface area contributed by atoms with Crippen LogP contribution in [0.15, 0.2) is 17.6 Å². The van der Waals surface area contributed by atoms with E-state index in [1.807, 2.05) is 4.90 Å². The van der Waals surface area contributed by atoms with Gasteiger partial charge in [-0.1, -0.05) is 18.9 Å². The molecule has 0 aromatic heterocycles. The molecule has 0 atom stereocenters. The number of guanidine groups is 1. The van der Waals surface area contributed by atoms with Crippen LogP contribution in [0.4, 0.5) is 0 Å². The molecule has 0 radical (unpaired) electrons. The predicted molar refractivity (Wildman–Crippen MR) is 75.4 cm³/mol. The highest BCUT2D eigenvalue weighted by Crippen LogP contribution is 2.09. The van der Waals surface area contributed by atoms with Gasteiger partial charge in [0.15, 0.2) is 15.8 Å².